The molecule has 1 aromatic heterocycles. The summed E-state index contributed by atoms with van der Waals surface area (Å²) in [5.74, 6) is 1.69. The van der Waals surface area contributed by atoms with Crippen molar-refractivity contribution in [2.75, 3.05) is 14.2 Å². The van der Waals surface area contributed by atoms with Crippen molar-refractivity contribution < 1.29 is 9.47 Å². The summed E-state index contributed by atoms with van der Waals surface area (Å²) in [6, 6.07) is 47.7. The van der Waals surface area contributed by atoms with E-state index in [1.54, 1.807) is 14.2 Å². The van der Waals surface area contributed by atoms with E-state index in [1.807, 2.05) is 0 Å². The van der Waals surface area contributed by atoms with Crippen molar-refractivity contribution in [3.63, 3.8) is 0 Å². The summed E-state index contributed by atoms with van der Waals surface area (Å²) in [5.41, 5.74) is 9.49. The number of ether oxygens (including phenoxy) is 2. The standard InChI is InChI=1S/C40H33NO2/c1-4-41-39(29-17-21-35(42-2)22-18-29)37(33-15-13-27-9-5-7-11-31(27)25-33)38(40(41)30-19-23-36(43-3)24-20-30)34-16-14-28-10-6-8-12-32(28)26-34/h5-26H,4H2,1-3H3. The van der Waals surface area contributed by atoms with Gasteiger partial charge in [0.15, 0.2) is 0 Å². The second-order valence-electron chi connectivity index (χ2n) is 10.8. The molecule has 0 bridgehead atoms. The van der Waals surface area contributed by atoms with E-state index >= 15 is 0 Å². The Balaban J connectivity index is 1.63. The third kappa shape index (κ3) is 4.73. The first kappa shape index (κ1) is 26.6. The van der Waals surface area contributed by atoms with Gasteiger partial charge < -0.3 is 14.0 Å². The van der Waals surface area contributed by atoms with Crippen LogP contribution in [0.2, 0.25) is 0 Å². The van der Waals surface area contributed by atoms with Gasteiger partial charge in [-0.2, -0.15) is 0 Å². The van der Waals surface area contributed by atoms with Crippen molar-refractivity contribution in [3.8, 4) is 56.3 Å². The molecule has 0 amide bonds. The maximum atomic E-state index is 5.54. The number of hydrogen-bond acceptors (Lipinski definition) is 2. The van der Waals surface area contributed by atoms with E-state index in [-0.39, 0.29) is 0 Å². The molecule has 0 aliphatic heterocycles. The predicted molar refractivity (Wildman–Crippen MR) is 180 cm³/mol. The molecule has 6 aromatic carbocycles. The van der Waals surface area contributed by atoms with Gasteiger partial charge in [0.05, 0.1) is 25.6 Å². The molecule has 0 N–H and O–H groups in total. The maximum absolute atomic E-state index is 5.54. The third-order valence-corrected chi connectivity index (χ3v) is 8.38. The summed E-state index contributed by atoms with van der Waals surface area (Å²) in [6.45, 7) is 3.03. The molecule has 43 heavy (non-hydrogen) atoms. The molecule has 0 unspecified atom stereocenters. The molecule has 3 heteroatoms. The fourth-order valence-electron chi connectivity index (χ4n) is 6.28. The number of fused-ring (bicyclic) bond motifs is 2. The minimum absolute atomic E-state index is 0.802. The summed E-state index contributed by atoms with van der Waals surface area (Å²) in [4.78, 5) is 0. The summed E-state index contributed by atoms with van der Waals surface area (Å²) < 4.78 is 13.5. The number of hydrogen-bond donors (Lipinski definition) is 0. The molecule has 0 atom stereocenters. The van der Waals surface area contributed by atoms with Crippen molar-refractivity contribution in [1.29, 1.82) is 0 Å². The third-order valence-electron chi connectivity index (χ3n) is 8.38. The normalized spacial score (nSPS) is 11.2. The summed E-state index contributed by atoms with van der Waals surface area (Å²) >= 11 is 0. The molecule has 0 spiro atoms. The van der Waals surface area contributed by atoms with E-state index in [0.29, 0.717) is 0 Å². The summed E-state index contributed by atoms with van der Waals surface area (Å²) in [7, 11) is 3.42. The van der Waals surface area contributed by atoms with Gasteiger partial charge in [0.2, 0.25) is 0 Å². The van der Waals surface area contributed by atoms with Gasteiger partial charge in [-0.1, -0.05) is 72.8 Å². The van der Waals surface area contributed by atoms with Crippen LogP contribution in [0.3, 0.4) is 0 Å². The van der Waals surface area contributed by atoms with Gasteiger partial charge in [-0.15, -0.1) is 0 Å². The average molecular weight is 560 g/mol. The Morgan fingerprint density at radius 2 is 0.814 bits per heavy atom. The van der Waals surface area contributed by atoms with E-state index < -0.39 is 0 Å². The van der Waals surface area contributed by atoms with Crippen LogP contribution in [0, 0.1) is 0 Å². The SMILES string of the molecule is CCn1c(-c2ccc(OC)cc2)c(-c2ccc3ccccc3c2)c(-c2ccc3ccccc3c2)c1-c1ccc(OC)cc1. The minimum atomic E-state index is 0.802. The molecule has 7 rings (SSSR count). The topological polar surface area (TPSA) is 23.4 Å². The van der Waals surface area contributed by atoms with E-state index in [2.05, 4.69) is 145 Å². The first-order chi connectivity index (χ1) is 21.2. The van der Waals surface area contributed by atoms with E-state index in [0.717, 1.165) is 29.2 Å². The highest BCUT2D eigenvalue weighted by Crippen LogP contribution is 2.49. The Morgan fingerprint density at radius 3 is 1.19 bits per heavy atom. The number of rotatable bonds is 7. The number of nitrogens with zero attached hydrogens (tertiary/aromatic N) is 1. The second kappa shape index (κ2) is 11.2. The fraction of sp³-hybridized carbons (Fsp3) is 0.100. The molecule has 7 aromatic rings. The Labute approximate surface area is 252 Å². The van der Waals surface area contributed by atoms with Crippen LogP contribution in [-0.2, 0) is 6.54 Å². The van der Waals surface area contributed by atoms with Gasteiger partial charge in [0.25, 0.3) is 0 Å². The van der Waals surface area contributed by atoms with Crippen LogP contribution in [0.25, 0.3) is 66.3 Å². The molecule has 0 aliphatic carbocycles. The van der Waals surface area contributed by atoms with Gasteiger partial charge in [0.1, 0.15) is 11.5 Å². The minimum Gasteiger partial charge on any atom is -0.497 e. The molecule has 1 heterocycles. The van der Waals surface area contributed by atoms with Gasteiger partial charge >= 0.3 is 0 Å². The molecular formula is C40H33NO2. The van der Waals surface area contributed by atoms with Crippen LogP contribution >= 0.6 is 0 Å². The Hall–Kier alpha value is -5.28. The predicted octanol–water partition coefficient (Wildman–Crippen LogP) is 10.5. The summed E-state index contributed by atoms with van der Waals surface area (Å²) in [6.07, 6.45) is 0. The van der Waals surface area contributed by atoms with Crippen LogP contribution in [-0.4, -0.2) is 18.8 Å². The van der Waals surface area contributed by atoms with Crippen LogP contribution < -0.4 is 9.47 Å². The highest BCUT2D eigenvalue weighted by molar-refractivity contribution is 6.05. The lowest BCUT2D eigenvalue weighted by atomic mass is 9.89. The zero-order chi connectivity index (χ0) is 29.3. The average Bonchev–Trinajstić information content (AvgIpc) is 3.43. The van der Waals surface area contributed by atoms with Crippen LogP contribution in [0.15, 0.2) is 133 Å². The maximum Gasteiger partial charge on any atom is 0.118 e. The quantitative estimate of drug-likeness (QED) is 0.194. The van der Waals surface area contributed by atoms with Crippen LogP contribution in [0.5, 0.6) is 11.5 Å². The molecule has 0 radical (unpaired) electrons. The molecule has 0 aliphatic rings. The highest BCUT2D eigenvalue weighted by Gasteiger charge is 2.27. The Morgan fingerprint density at radius 1 is 0.442 bits per heavy atom. The fourth-order valence-corrected chi connectivity index (χ4v) is 6.28. The molecule has 0 saturated carbocycles. The van der Waals surface area contributed by atoms with Gasteiger partial charge in [-0.25, -0.2) is 0 Å². The first-order valence-corrected chi connectivity index (χ1v) is 14.7. The number of benzene rings is 6. The molecular weight excluding hydrogens is 526 g/mol. The van der Waals surface area contributed by atoms with E-state index in [1.165, 1.54) is 55.2 Å². The van der Waals surface area contributed by atoms with Gasteiger partial charge in [0, 0.05) is 17.7 Å². The van der Waals surface area contributed by atoms with Crippen LogP contribution in [0.1, 0.15) is 6.92 Å². The largest absolute Gasteiger partial charge is 0.497 e. The zero-order valence-electron chi connectivity index (χ0n) is 24.7. The first-order valence-electron chi connectivity index (χ1n) is 14.7. The van der Waals surface area contributed by atoms with E-state index in [9.17, 15) is 0 Å². The van der Waals surface area contributed by atoms with Gasteiger partial charge in [-0.3, -0.25) is 0 Å². The smallest absolute Gasteiger partial charge is 0.118 e. The van der Waals surface area contributed by atoms with Crippen molar-refractivity contribution in [2.24, 2.45) is 0 Å². The highest BCUT2D eigenvalue weighted by atomic mass is 16.5. The molecule has 0 fully saturated rings. The Bertz CT molecular complexity index is 1920. The molecule has 210 valence electrons. The number of methoxy groups -OCH3 is 2. The van der Waals surface area contributed by atoms with Crippen molar-refractivity contribution in [1.82, 2.24) is 4.57 Å². The van der Waals surface area contributed by atoms with Crippen molar-refractivity contribution in [3.05, 3.63) is 133 Å². The lowest BCUT2D eigenvalue weighted by molar-refractivity contribution is 0.415. The second-order valence-corrected chi connectivity index (χ2v) is 10.8. The van der Waals surface area contributed by atoms with E-state index in [4.69, 9.17) is 9.47 Å². The summed E-state index contributed by atoms with van der Waals surface area (Å²) in [5, 5.41) is 4.91. The van der Waals surface area contributed by atoms with Crippen LogP contribution in [0.4, 0.5) is 0 Å². The van der Waals surface area contributed by atoms with Crippen molar-refractivity contribution >= 4 is 21.5 Å². The zero-order valence-corrected chi connectivity index (χ0v) is 24.7. The Kier molecular flexibility index (Phi) is 6.92. The monoisotopic (exact) mass is 559 g/mol. The lowest BCUT2D eigenvalue weighted by Gasteiger charge is -2.14. The van der Waals surface area contributed by atoms with Crippen molar-refractivity contribution in [2.45, 2.75) is 13.5 Å². The van der Waals surface area contributed by atoms with Gasteiger partial charge in [-0.05, 0) is 111 Å². The molecule has 3 nitrogen and oxygen atoms in total. The molecule has 0 saturated heterocycles. The number of aromatic nitrogens is 1. The lowest BCUT2D eigenvalue weighted by Crippen LogP contribution is -2.00.